The normalized spacial score (nSPS) is 14.1. The predicted molar refractivity (Wildman–Crippen MR) is 75.0 cm³/mol. The van der Waals surface area contributed by atoms with Crippen LogP contribution in [0.25, 0.3) is 0 Å². The van der Waals surface area contributed by atoms with E-state index in [2.05, 4.69) is 10.3 Å². The SMILES string of the molecule is Nc1cc(C2CC2)cnc1NC(=O)c1ccccc1. The highest BCUT2D eigenvalue weighted by atomic mass is 16.1. The second-order valence-electron chi connectivity index (χ2n) is 4.80. The van der Waals surface area contributed by atoms with Crippen molar-refractivity contribution in [1.29, 1.82) is 0 Å². The molecule has 1 aliphatic rings. The van der Waals surface area contributed by atoms with Crippen LogP contribution in [0.3, 0.4) is 0 Å². The smallest absolute Gasteiger partial charge is 0.256 e. The molecule has 0 radical (unpaired) electrons. The first-order valence-corrected chi connectivity index (χ1v) is 6.36. The van der Waals surface area contributed by atoms with E-state index in [0.717, 1.165) is 5.56 Å². The zero-order valence-corrected chi connectivity index (χ0v) is 10.5. The lowest BCUT2D eigenvalue weighted by molar-refractivity contribution is 0.102. The van der Waals surface area contributed by atoms with Crippen molar-refractivity contribution in [1.82, 2.24) is 4.98 Å². The van der Waals surface area contributed by atoms with Crippen LogP contribution in [0.1, 0.15) is 34.7 Å². The second kappa shape index (κ2) is 4.72. The first-order chi connectivity index (χ1) is 9.24. The fourth-order valence-electron chi connectivity index (χ4n) is 2.01. The van der Waals surface area contributed by atoms with Crippen LogP contribution in [-0.4, -0.2) is 10.9 Å². The Morgan fingerprint density at radius 3 is 2.63 bits per heavy atom. The van der Waals surface area contributed by atoms with E-state index in [1.807, 2.05) is 24.3 Å². The molecule has 0 bridgehead atoms. The third kappa shape index (κ3) is 2.57. The van der Waals surface area contributed by atoms with Crippen molar-refractivity contribution in [2.45, 2.75) is 18.8 Å². The number of carbonyl (C=O) groups excluding carboxylic acids is 1. The van der Waals surface area contributed by atoms with Gasteiger partial charge in [0.25, 0.3) is 5.91 Å². The quantitative estimate of drug-likeness (QED) is 0.883. The van der Waals surface area contributed by atoms with E-state index in [9.17, 15) is 4.79 Å². The summed E-state index contributed by atoms with van der Waals surface area (Å²) in [4.78, 5) is 16.2. The van der Waals surface area contributed by atoms with Crippen molar-refractivity contribution in [3.05, 3.63) is 53.7 Å². The largest absolute Gasteiger partial charge is 0.396 e. The van der Waals surface area contributed by atoms with Gasteiger partial charge >= 0.3 is 0 Å². The highest BCUT2D eigenvalue weighted by molar-refractivity contribution is 6.05. The summed E-state index contributed by atoms with van der Waals surface area (Å²) in [7, 11) is 0. The van der Waals surface area contributed by atoms with E-state index < -0.39 is 0 Å². The van der Waals surface area contributed by atoms with Gasteiger partial charge in [-0.25, -0.2) is 4.98 Å². The molecule has 1 aromatic carbocycles. The molecular weight excluding hydrogens is 238 g/mol. The Hall–Kier alpha value is -2.36. The van der Waals surface area contributed by atoms with Gasteiger partial charge in [0.1, 0.15) is 0 Å². The number of benzene rings is 1. The maximum Gasteiger partial charge on any atom is 0.256 e. The fraction of sp³-hybridized carbons (Fsp3) is 0.200. The standard InChI is InChI=1S/C15H15N3O/c16-13-8-12(10-6-7-10)9-17-14(13)18-15(19)11-4-2-1-3-5-11/h1-5,8-10H,6-7,16H2,(H,17,18,19). The molecule has 1 aromatic heterocycles. The van der Waals surface area contributed by atoms with Crippen LogP contribution in [0.4, 0.5) is 11.5 Å². The maximum absolute atomic E-state index is 12.0. The lowest BCUT2D eigenvalue weighted by Gasteiger charge is -2.08. The van der Waals surface area contributed by atoms with Crippen LogP contribution in [0, 0.1) is 0 Å². The van der Waals surface area contributed by atoms with Crippen molar-refractivity contribution in [2.24, 2.45) is 0 Å². The average molecular weight is 253 g/mol. The van der Waals surface area contributed by atoms with Gasteiger partial charge < -0.3 is 11.1 Å². The summed E-state index contributed by atoms with van der Waals surface area (Å²) in [6, 6.07) is 10.9. The van der Waals surface area contributed by atoms with E-state index in [1.165, 1.54) is 12.8 Å². The molecule has 2 aromatic rings. The highest BCUT2D eigenvalue weighted by Gasteiger charge is 2.24. The van der Waals surface area contributed by atoms with Crippen LogP contribution in [0.15, 0.2) is 42.6 Å². The Morgan fingerprint density at radius 1 is 1.26 bits per heavy atom. The lowest BCUT2D eigenvalue weighted by Crippen LogP contribution is -2.14. The molecule has 0 aliphatic heterocycles. The summed E-state index contributed by atoms with van der Waals surface area (Å²) in [6.07, 6.45) is 4.21. The van der Waals surface area contributed by atoms with Crippen molar-refractivity contribution >= 4 is 17.4 Å². The molecule has 0 saturated heterocycles. The molecule has 3 rings (SSSR count). The number of aromatic nitrogens is 1. The molecule has 1 fully saturated rings. The maximum atomic E-state index is 12.0. The molecule has 4 nitrogen and oxygen atoms in total. The molecular formula is C15H15N3O. The van der Waals surface area contributed by atoms with Gasteiger partial charge in [0, 0.05) is 11.8 Å². The van der Waals surface area contributed by atoms with Crippen molar-refractivity contribution in [2.75, 3.05) is 11.1 Å². The van der Waals surface area contributed by atoms with E-state index in [4.69, 9.17) is 5.73 Å². The van der Waals surface area contributed by atoms with Gasteiger partial charge in [-0.2, -0.15) is 0 Å². The van der Waals surface area contributed by atoms with Crippen LogP contribution in [0.5, 0.6) is 0 Å². The summed E-state index contributed by atoms with van der Waals surface area (Å²) in [6.45, 7) is 0. The zero-order valence-electron chi connectivity index (χ0n) is 10.5. The van der Waals surface area contributed by atoms with Crippen LogP contribution < -0.4 is 11.1 Å². The third-order valence-corrected chi connectivity index (χ3v) is 3.25. The number of hydrogen-bond acceptors (Lipinski definition) is 3. The molecule has 96 valence electrons. The summed E-state index contributed by atoms with van der Waals surface area (Å²) >= 11 is 0. The molecule has 1 amide bonds. The van der Waals surface area contributed by atoms with Gasteiger partial charge in [-0.15, -0.1) is 0 Å². The van der Waals surface area contributed by atoms with Crippen molar-refractivity contribution in [3.63, 3.8) is 0 Å². The van der Waals surface area contributed by atoms with Gasteiger partial charge in [-0.3, -0.25) is 4.79 Å². The van der Waals surface area contributed by atoms with Crippen molar-refractivity contribution in [3.8, 4) is 0 Å². The summed E-state index contributed by atoms with van der Waals surface area (Å²) < 4.78 is 0. The van der Waals surface area contributed by atoms with E-state index in [0.29, 0.717) is 23.0 Å². The Kier molecular flexibility index (Phi) is 2.91. The Balaban J connectivity index is 1.78. The topological polar surface area (TPSA) is 68.0 Å². The first-order valence-electron chi connectivity index (χ1n) is 6.36. The van der Waals surface area contributed by atoms with Gasteiger partial charge in [0.15, 0.2) is 5.82 Å². The minimum absolute atomic E-state index is 0.195. The van der Waals surface area contributed by atoms with Crippen LogP contribution >= 0.6 is 0 Å². The molecule has 0 atom stereocenters. The molecule has 3 N–H and O–H groups in total. The number of nitrogens with two attached hydrogens (primary N) is 1. The summed E-state index contributed by atoms with van der Waals surface area (Å²) in [5, 5.41) is 2.74. The van der Waals surface area contributed by atoms with E-state index >= 15 is 0 Å². The number of pyridine rings is 1. The Morgan fingerprint density at radius 2 is 2.00 bits per heavy atom. The number of carbonyl (C=O) groups is 1. The van der Waals surface area contributed by atoms with Gasteiger partial charge in [0.05, 0.1) is 5.69 Å². The molecule has 1 aliphatic carbocycles. The number of nitrogen functional groups attached to an aromatic ring is 1. The summed E-state index contributed by atoms with van der Waals surface area (Å²) in [5.41, 5.74) is 8.21. The van der Waals surface area contributed by atoms with Gasteiger partial charge in [-0.05, 0) is 42.5 Å². The minimum Gasteiger partial charge on any atom is -0.396 e. The molecule has 4 heteroatoms. The highest BCUT2D eigenvalue weighted by Crippen LogP contribution is 2.40. The zero-order chi connectivity index (χ0) is 13.2. The van der Waals surface area contributed by atoms with Crippen molar-refractivity contribution < 1.29 is 4.79 Å². The lowest BCUT2D eigenvalue weighted by atomic mass is 10.1. The first kappa shape index (κ1) is 11.7. The molecule has 1 heterocycles. The second-order valence-corrected chi connectivity index (χ2v) is 4.80. The molecule has 1 saturated carbocycles. The summed E-state index contributed by atoms with van der Waals surface area (Å²) in [5.74, 6) is 0.839. The van der Waals surface area contributed by atoms with E-state index in [-0.39, 0.29) is 5.91 Å². The van der Waals surface area contributed by atoms with Gasteiger partial charge in [-0.1, -0.05) is 18.2 Å². The monoisotopic (exact) mass is 253 g/mol. The number of amides is 1. The minimum atomic E-state index is -0.195. The number of anilines is 2. The number of rotatable bonds is 3. The Labute approximate surface area is 111 Å². The van der Waals surface area contributed by atoms with E-state index in [1.54, 1.807) is 18.3 Å². The Bertz CT molecular complexity index is 606. The van der Waals surface area contributed by atoms with Crippen LogP contribution in [-0.2, 0) is 0 Å². The van der Waals surface area contributed by atoms with Gasteiger partial charge in [0.2, 0.25) is 0 Å². The number of nitrogens with zero attached hydrogens (tertiary/aromatic N) is 1. The number of hydrogen-bond donors (Lipinski definition) is 2. The third-order valence-electron chi connectivity index (χ3n) is 3.25. The average Bonchev–Trinajstić information content (AvgIpc) is 3.26. The molecule has 0 spiro atoms. The number of nitrogens with one attached hydrogen (secondary N) is 1. The molecule has 19 heavy (non-hydrogen) atoms. The predicted octanol–water partition coefficient (Wildman–Crippen LogP) is 2.79. The van der Waals surface area contributed by atoms with Crippen LogP contribution in [0.2, 0.25) is 0 Å². The molecule has 0 unspecified atom stereocenters. The fourth-order valence-corrected chi connectivity index (χ4v) is 2.01.